The molecule has 1 heterocycles. The van der Waals surface area contributed by atoms with Crippen LogP contribution in [0, 0.1) is 0 Å². The van der Waals surface area contributed by atoms with Crippen molar-refractivity contribution in [1.29, 1.82) is 0 Å². The van der Waals surface area contributed by atoms with E-state index < -0.39 is 0 Å². The lowest BCUT2D eigenvalue weighted by Crippen LogP contribution is -2.14. The van der Waals surface area contributed by atoms with Crippen molar-refractivity contribution in [2.24, 2.45) is 0 Å². The first-order valence-electron chi connectivity index (χ1n) is 5.36. The van der Waals surface area contributed by atoms with Crippen LogP contribution < -0.4 is 15.8 Å². The van der Waals surface area contributed by atoms with Gasteiger partial charge in [-0.1, -0.05) is 12.1 Å². The third-order valence-corrected chi connectivity index (χ3v) is 2.37. The first kappa shape index (κ1) is 11.9. The van der Waals surface area contributed by atoms with Crippen molar-refractivity contribution in [3.8, 4) is 5.75 Å². The van der Waals surface area contributed by atoms with Crippen molar-refractivity contribution in [2.75, 3.05) is 18.2 Å². The third-order valence-electron chi connectivity index (χ3n) is 2.37. The van der Waals surface area contributed by atoms with Crippen LogP contribution in [0.4, 0.5) is 11.4 Å². The van der Waals surface area contributed by atoms with Gasteiger partial charge in [0.2, 0.25) is 0 Å². The second kappa shape index (κ2) is 5.18. The van der Waals surface area contributed by atoms with Crippen LogP contribution in [0.5, 0.6) is 5.75 Å². The number of hydrogen-bond donors (Lipinski definition) is 2. The van der Waals surface area contributed by atoms with Crippen LogP contribution in [-0.4, -0.2) is 18.0 Å². The smallest absolute Gasteiger partial charge is 0.274 e. The number of anilines is 2. The number of amides is 1. The summed E-state index contributed by atoms with van der Waals surface area (Å²) in [5, 5.41) is 2.72. The monoisotopic (exact) mass is 243 g/mol. The molecule has 1 aromatic carbocycles. The molecule has 1 aromatic heterocycles. The summed E-state index contributed by atoms with van der Waals surface area (Å²) in [4.78, 5) is 15.9. The number of nitrogen functional groups attached to an aromatic ring is 1. The maximum atomic E-state index is 11.9. The summed E-state index contributed by atoms with van der Waals surface area (Å²) >= 11 is 0. The maximum absolute atomic E-state index is 11.9. The van der Waals surface area contributed by atoms with Gasteiger partial charge >= 0.3 is 0 Å². The molecule has 3 N–H and O–H groups in total. The first-order valence-corrected chi connectivity index (χ1v) is 5.36. The SMILES string of the molecule is COc1ccccc1NC(=O)c1cc(N)ccn1. The van der Waals surface area contributed by atoms with E-state index in [-0.39, 0.29) is 11.6 Å². The van der Waals surface area contributed by atoms with E-state index in [1.54, 1.807) is 25.3 Å². The van der Waals surface area contributed by atoms with Crippen LogP contribution in [0.3, 0.4) is 0 Å². The fourth-order valence-electron chi connectivity index (χ4n) is 1.51. The molecule has 5 heteroatoms. The van der Waals surface area contributed by atoms with Gasteiger partial charge in [0.05, 0.1) is 12.8 Å². The highest BCUT2D eigenvalue weighted by atomic mass is 16.5. The zero-order valence-electron chi connectivity index (χ0n) is 9.88. The fourth-order valence-corrected chi connectivity index (χ4v) is 1.51. The quantitative estimate of drug-likeness (QED) is 0.863. The van der Waals surface area contributed by atoms with Crippen molar-refractivity contribution in [3.63, 3.8) is 0 Å². The maximum Gasteiger partial charge on any atom is 0.274 e. The van der Waals surface area contributed by atoms with Gasteiger partial charge in [0.25, 0.3) is 5.91 Å². The lowest BCUT2D eigenvalue weighted by molar-refractivity contribution is 0.102. The number of nitrogens with two attached hydrogens (primary N) is 1. The molecule has 0 aliphatic heterocycles. The van der Waals surface area contributed by atoms with Crippen molar-refractivity contribution in [2.45, 2.75) is 0 Å². The molecule has 2 rings (SSSR count). The first-order chi connectivity index (χ1) is 8.70. The molecule has 0 spiro atoms. The Morgan fingerprint density at radius 2 is 2.11 bits per heavy atom. The van der Waals surface area contributed by atoms with Crippen molar-refractivity contribution in [1.82, 2.24) is 4.98 Å². The summed E-state index contributed by atoms with van der Waals surface area (Å²) in [6, 6.07) is 10.3. The van der Waals surface area contributed by atoms with Gasteiger partial charge in [0.1, 0.15) is 11.4 Å². The van der Waals surface area contributed by atoms with Gasteiger partial charge in [-0.25, -0.2) is 0 Å². The molecule has 0 bridgehead atoms. The Labute approximate surface area is 105 Å². The minimum Gasteiger partial charge on any atom is -0.495 e. The van der Waals surface area contributed by atoms with Gasteiger partial charge in [0, 0.05) is 11.9 Å². The van der Waals surface area contributed by atoms with Crippen LogP contribution in [0.15, 0.2) is 42.6 Å². The number of benzene rings is 1. The molecule has 0 radical (unpaired) electrons. The number of pyridine rings is 1. The number of nitrogens with one attached hydrogen (secondary N) is 1. The van der Waals surface area contributed by atoms with Crippen LogP contribution in [0.1, 0.15) is 10.5 Å². The van der Waals surface area contributed by atoms with Crippen LogP contribution >= 0.6 is 0 Å². The van der Waals surface area contributed by atoms with Gasteiger partial charge < -0.3 is 15.8 Å². The number of rotatable bonds is 3. The number of aromatic nitrogens is 1. The van der Waals surface area contributed by atoms with Crippen LogP contribution in [0.25, 0.3) is 0 Å². The van der Waals surface area contributed by atoms with E-state index in [1.165, 1.54) is 12.3 Å². The summed E-state index contributed by atoms with van der Waals surface area (Å²) in [6.45, 7) is 0. The minimum absolute atomic E-state index is 0.265. The molecule has 0 unspecified atom stereocenters. The van der Waals surface area contributed by atoms with Gasteiger partial charge in [0.15, 0.2) is 0 Å². The summed E-state index contributed by atoms with van der Waals surface area (Å²) in [5.41, 5.74) is 6.95. The van der Waals surface area contributed by atoms with Gasteiger partial charge in [-0.2, -0.15) is 0 Å². The van der Waals surface area contributed by atoms with Crippen LogP contribution in [0.2, 0.25) is 0 Å². The lowest BCUT2D eigenvalue weighted by atomic mass is 10.2. The van der Waals surface area contributed by atoms with Crippen molar-refractivity contribution < 1.29 is 9.53 Å². The van der Waals surface area contributed by atoms with Gasteiger partial charge in [-0.15, -0.1) is 0 Å². The second-order valence-corrected chi connectivity index (χ2v) is 3.63. The van der Waals surface area contributed by atoms with Crippen molar-refractivity contribution >= 4 is 17.3 Å². The zero-order chi connectivity index (χ0) is 13.0. The fraction of sp³-hybridized carbons (Fsp3) is 0.0769. The zero-order valence-corrected chi connectivity index (χ0v) is 9.88. The Kier molecular flexibility index (Phi) is 3.43. The van der Waals surface area contributed by atoms with Crippen LogP contribution in [-0.2, 0) is 0 Å². The van der Waals surface area contributed by atoms with E-state index in [9.17, 15) is 4.79 Å². The number of carbonyl (C=O) groups is 1. The van der Waals surface area contributed by atoms with E-state index in [2.05, 4.69) is 10.3 Å². The second-order valence-electron chi connectivity index (χ2n) is 3.63. The number of ether oxygens (including phenoxy) is 1. The van der Waals surface area contributed by atoms with E-state index in [4.69, 9.17) is 10.5 Å². The molecule has 18 heavy (non-hydrogen) atoms. The highest BCUT2D eigenvalue weighted by molar-refractivity contribution is 6.04. The Bertz CT molecular complexity index is 570. The van der Waals surface area contributed by atoms with Gasteiger partial charge in [-0.05, 0) is 24.3 Å². The Hall–Kier alpha value is -2.56. The molecule has 5 nitrogen and oxygen atoms in total. The molecule has 0 atom stereocenters. The van der Waals surface area contributed by atoms with Gasteiger partial charge in [-0.3, -0.25) is 9.78 Å². The molecular weight excluding hydrogens is 230 g/mol. The molecule has 0 saturated heterocycles. The number of methoxy groups -OCH3 is 1. The predicted molar refractivity (Wildman–Crippen MR) is 69.6 cm³/mol. The largest absolute Gasteiger partial charge is 0.495 e. The molecule has 92 valence electrons. The third kappa shape index (κ3) is 2.57. The normalized spacial score (nSPS) is 9.83. The number of nitrogens with zero attached hydrogens (tertiary/aromatic N) is 1. The van der Waals surface area contributed by atoms with Crippen molar-refractivity contribution in [3.05, 3.63) is 48.3 Å². The average Bonchev–Trinajstić information content (AvgIpc) is 2.39. The van der Waals surface area contributed by atoms with E-state index in [1.807, 2.05) is 12.1 Å². The summed E-state index contributed by atoms with van der Waals surface area (Å²) < 4.78 is 5.15. The predicted octanol–water partition coefficient (Wildman–Crippen LogP) is 1.92. The Morgan fingerprint density at radius 1 is 1.33 bits per heavy atom. The minimum atomic E-state index is -0.327. The molecule has 0 aliphatic carbocycles. The highest BCUT2D eigenvalue weighted by Crippen LogP contribution is 2.23. The lowest BCUT2D eigenvalue weighted by Gasteiger charge is -2.09. The highest BCUT2D eigenvalue weighted by Gasteiger charge is 2.10. The average molecular weight is 243 g/mol. The molecule has 0 aliphatic rings. The molecule has 1 amide bonds. The number of para-hydroxylation sites is 2. The molecular formula is C13H13N3O2. The Morgan fingerprint density at radius 3 is 2.83 bits per heavy atom. The Balaban J connectivity index is 2.21. The number of hydrogen-bond acceptors (Lipinski definition) is 4. The van der Waals surface area contributed by atoms with E-state index in [0.29, 0.717) is 17.1 Å². The van der Waals surface area contributed by atoms with E-state index >= 15 is 0 Å². The summed E-state index contributed by atoms with van der Waals surface area (Å²) in [6.07, 6.45) is 1.49. The topological polar surface area (TPSA) is 77.2 Å². The van der Waals surface area contributed by atoms with E-state index in [0.717, 1.165) is 0 Å². The summed E-state index contributed by atoms with van der Waals surface area (Å²) in [5.74, 6) is 0.265. The number of carbonyl (C=O) groups excluding carboxylic acids is 1. The molecule has 2 aromatic rings. The summed E-state index contributed by atoms with van der Waals surface area (Å²) in [7, 11) is 1.55. The molecule has 0 fully saturated rings. The standard InChI is InChI=1S/C13H13N3O2/c1-18-12-5-3-2-4-10(12)16-13(17)11-8-9(14)6-7-15-11/h2-8H,1H3,(H2,14,15)(H,16,17). The molecule has 0 saturated carbocycles.